The highest BCUT2D eigenvalue weighted by Crippen LogP contribution is 2.20. The second-order valence-electron chi connectivity index (χ2n) is 3.11. The number of alkyl halides is 2. The molecule has 0 aliphatic carbocycles. The van der Waals surface area contributed by atoms with Gasteiger partial charge in [-0.15, -0.1) is 0 Å². The molecule has 0 radical (unpaired) electrons. The van der Waals surface area contributed by atoms with Crippen LogP contribution in [0.1, 0.15) is 0 Å². The van der Waals surface area contributed by atoms with Crippen LogP contribution in [0, 0.1) is 0 Å². The van der Waals surface area contributed by atoms with Crippen LogP contribution in [-0.4, -0.2) is 30.8 Å². The van der Waals surface area contributed by atoms with Gasteiger partial charge in [-0.3, -0.25) is 0 Å². The Morgan fingerprint density at radius 1 is 1.43 bits per heavy atom. The molecule has 0 atom stereocenters. The Morgan fingerprint density at radius 2 is 2.21 bits per heavy atom. The summed E-state index contributed by atoms with van der Waals surface area (Å²) in [5, 5.41) is 0. The number of halogens is 2. The van der Waals surface area contributed by atoms with Crippen LogP contribution in [0.3, 0.4) is 0 Å². The highest BCUT2D eigenvalue weighted by atomic mass is 19.3. The molecular formula is C9H10F2N2O. The second-order valence-corrected chi connectivity index (χ2v) is 3.11. The minimum Gasteiger partial charge on any atom is -0.351 e. The Labute approximate surface area is 80.3 Å². The minimum atomic E-state index is -2.68. The predicted molar refractivity (Wildman–Crippen MR) is 47.3 cm³/mol. The highest BCUT2D eigenvalue weighted by Gasteiger charge is 2.30. The lowest BCUT2D eigenvalue weighted by Gasteiger charge is -2.39. The van der Waals surface area contributed by atoms with E-state index in [0.717, 1.165) is 5.82 Å². The van der Waals surface area contributed by atoms with E-state index in [2.05, 4.69) is 9.72 Å². The van der Waals surface area contributed by atoms with Gasteiger partial charge in [-0.05, 0) is 12.1 Å². The highest BCUT2D eigenvalue weighted by molar-refractivity contribution is 5.41. The Hall–Kier alpha value is -1.23. The number of pyridine rings is 1. The molecular weight excluding hydrogens is 190 g/mol. The molecule has 0 aromatic carbocycles. The normalized spacial score (nSPS) is 17.2. The molecule has 1 saturated heterocycles. The zero-order valence-corrected chi connectivity index (χ0v) is 7.44. The van der Waals surface area contributed by atoms with Crippen LogP contribution < -0.4 is 4.90 Å². The molecule has 1 aromatic rings. The van der Waals surface area contributed by atoms with E-state index < -0.39 is 6.61 Å². The lowest BCUT2D eigenvalue weighted by Crippen LogP contribution is -2.53. The lowest BCUT2D eigenvalue weighted by molar-refractivity contribution is -0.167. The van der Waals surface area contributed by atoms with Gasteiger partial charge in [-0.1, -0.05) is 6.07 Å². The summed E-state index contributed by atoms with van der Waals surface area (Å²) in [5.41, 5.74) is 0. The molecule has 1 fully saturated rings. The quantitative estimate of drug-likeness (QED) is 0.739. The van der Waals surface area contributed by atoms with Gasteiger partial charge in [0.2, 0.25) is 0 Å². The van der Waals surface area contributed by atoms with Crippen molar-refractivity contribution in [2.45, 2.75) is 12.7 Å². The first kappa shape index (κ1) is 9.33. The molecule has 2 rings (SSSR count). The summed E-state index contributed by atoms with van der Waals surface area (Å²) in [6.45, 7) is -1.70. The Balaban J connectivity index is 1.83. The third-order valence-corrected chi connectivity index (χ3v) is 2.12. The third-order valence-electron chi connectivity index (χ3n) is 2.12. The molecule has 1 aliphatic heterocycles. The van der Waals surface area contributed by atoms with E-state index >= 15 is 0 Å². The van der Waals surface area contributed by atoms with Crippen molar-refractivity contribution in [1.82, 2.24) is 4.98 Å². The summed E-state index contributed by atoms with van der Waals surface area (Å²) in [4.78, 5) is 5.99. The van der Waals surface area contributed by atoms with E-state index in [1.54, 1.807) is 6.20 Å². The molecule has 14 heavy (non-hydrogen) atoms. The summed E-state index contributed by atoms with van der Waals surface area (Å²) in [6, 6.07) is 5.53. The van der Waals surface area contributed by atoms with Gasteiger partial charge in [0.05, 0.1) is 6.10 Å². The van der Waals surface area contributed by atoms with Gasteiger partial charge in [-0.25, -0.2) is 4.98 Å². The second kappa shape index (κ2) is 3.88. The molecule has 0 bridgehead atoms. The minimum absolute atomic E-state index is 0.364. The van der Waals surface area contributed by atoms with Crippen LogP contribution in [0.25, 0.3) is 0 Å². The third kappa shape index (κ3) is 1.98. The maximum atomic E-state index is 11.8. The fourth-order valence-corrected chi connectivity index (χ4v) is 1.40. The first-order valence-corrected chi connectivity index (χ1v) is 4.35. The van der Waals surface area contributed by atoms with E-state index in [1.807, 2.05) is 23.1 Å². The number of nitrogens with zero attached hydrogens (tertiary/aromatic N) is 2. The number of hydrogen-bond acceptors (Lipinski definition) is 3. The zero-order chi connectivity index (χ0) is 9.97. The lowest BCUT2D eigenvalue weighted by atomic mass is 10.1. The Bertz CT molecular complexity index is 288. The first-order chi connectivity index (χ1) is 6.75. The first-order valence-electron chi connectivity index (χ1n) is 4.35. The van der Waals surface area contributed by atoms with Crippen molar-refractivity contribution in [1.29, 1.82) is 0 Å². The summed E-state index contributed by atoms with van der Waals surface area (Å²) in [7, 11) is 0. The average molecular weight is 200 g/mol. The maximum Gasteiger partial charge on any atom is 0.345 e. The summed E-state index contributed by atoms with van der Waals surface area (Å²) in [5.74, 6) is 0.807. The number of hydrogen-bond donors (Lipinski definition) is 0. The van der Waals surface area contributed by atoms with Gasteiger partial charge >= 0.3 is 6.61 Å². The van der Waals surface area contributed by atoms with Gasteiger partial charge < -0.3 is 9.64 Å². The summed E-state index contributed by atoms with van der Waals surface area (Å²) >= 11 is 0. The van der Waals surface area contributed by atoms with E-state index in [-0.39, 0.29) is 6.10 Å². The molecule has 5 heteroatoms. The maximum absolute atomic E-state index is 11.8. The van der Waals surface area contributed by atoms with Gasteiger partial charge in [-0.2, -0.15) is 8.78 Å². The Kier molecular flexibility index (Phi) is 2.58. The van der Waals surface area contributed by atoms with Crippen molar-refractivity contribution < 1.29 is 13.5 Å². The van der Waals surface area contributed by atoms with Crippen molar-refractivity contribution >= 4 is 5.82 Å². The van der Waals surface area contributed by atoms with Crippen molar-refractivity contribution in [2.75, 3.05) is 18.0 Å². The van der Waals surface area contributed by atoms with Gasteiger partial charge in [0.15, 0.2) is 0 Å². The fraction of sp³-hybridized carbons (Fsp3) is 0.444. The average Bonchev–Trinajstić information content (AvgIpc) is 2.12. The largest absolute Gasteiger partial charge is 0.351 e. The van der Waals surface area contributed by atoms with Crippen LogP contribution >= 0.6 is 0 Å². The van der Waals surface area contributed by atoms with Crippen LogP contribution in [0.15, 0.2) is 24.4 Å². The standard InChI is InChI=1S/C9H10F2N2O/c10-9(11)14-7-5-13(6-7)8-3-1-2-4-12-8/h1-4,7,9H,5-6H2. The van der Waals surface area contributed by atoms with E-state index in [0.29, 0.717) is 13.1 Å². The van der Waals surface area contributed by atoms with Gasteiger partial charge in [0, 0.05) is 19.3 Å². The summed E-state index contributed by atoms with van der Waals surface area (Å²) < 4.78 is 27.9. The molecule has 3 nitrogen and oxygen atoms in total. The number of ether oxygens (including phenoxy) is 1. The van der Waals surface area contributed by atoms with Crippen molar-refractivity contribution in [3.63, 3.8) is 0 Å². The van der Waals surface area contributed by atoms with Crippen molar-refractivity contribution in [2.24, 2.45) is 0 Å². The van der Waals surface area contributed by atoms with Gasteiger partial charge in [0.25, 0.3) is 0 Å². The molecule has 0 unspecified atom stereocenters. The molecule has 76 valence electrons. The molecule has 0 spiro atoms. The van der Waals surface area contributed by atoms with Crippen LogP contribution in [-0.2, 0) is 4.74 Å². The van der Waals surface area contributed by atoms with Crippen LogP contribution in [0.5, 0.6) is 0 Å². The topological polar surface area (TPSA) is 25.4 Å². The smallest absolute Gasteiger partial charge is 0.345 e. The monoisotopic (exact) mass is 200 g/mol. The zero-order valence-electron chi connectivity index (χ0n) is 7.44. The van der Waals surface area contributed by atoms with E-state index in [1.165, 1.54) is 0 Å². The van der Waals surface area contributed by atoms with Crippen LogP contribution in [0.2, 0.25) is 0 Å². The molecule has 0 N–H and O–H groups in total. The number of rotatable bonds is 3. The number of anilines is 1. The van der Waals surface area contributed by atoms with E-state index in [4.69, 9.17) is 0 Å². The molecule has 1 aromatic heterocycles. The Morgan fingerprint density at radius 3 is 2.79 bits per heavy atom. The molecule has 1 aliphatic rings. The van der Waals surface area contributed by atoms with E-state index in [9.17, 15) is 8.78 Å². The molecule has 0 amide bonds. The van der Waals surface area contributed by atoms with Crippen LogP contribution in [0.4, 0.5) is 14.6 Å². The molecule has 0 saturated carbocycles. The molecule has 2 heterocycles. The van der Waals surface area contributed by atoms with Crippen molar-refractivity contribution in [3.05, 3.63) is 24.4 Å². The summed E-state index contributed by atoms with van der Waals surface area (Å²) in [6.07, 6.45) is 1.31. The predicted octanol–water partition coefficient (Wildman–Crippen LogP) is 1.51. The SMILES string of the molecule is FC(F)OC1CN(c2ccccn2)C1. The van der Waals surface area contributed by atoms with Gasteiger partial charge in [0.1, 0.15) is 5.82 Å². The number of aromatic nitrogens is 1. The van der Waals surface area contributed by atoms with Crippen molar-refractivity contribution in [3.8, 4) is 0 Å². The fourth-order valence-electron chi connectivity index (χ4n) is 1.40.